The topological polar surface area (TPSA) is 111 Å². The predicted octanol–water partition coefficient (Wildman–Crippen LogP) is 10.1. The first-order chi connectivity index (χ1) is 29.9. The normalized spacial score (nSPS) is 20.7. The molecule has 3 aliphatic heterocycles. The number of alkyl carbamates (subject to hydrolysis) is 1. The van der Waals surface area contributed by atoms with Crippen molar-refractivity contribution in [2.75, 3.05) is 51.6 Å². The van der Waals surface area contributed by atoms with Crippen LogP contribution in [0.15, 0.2) is 30.5 Å². The quantitative estimate of drug-likeness (QED) is 0.0839. The van der Waals surface area contributed by atoms with E-state index in [0.29, 0.717) is 83.2 Å². The van der Waals surface area contributed by atoms with Gasteiger partial charge in [0.2, 0.25) is 0 Å². The molecule has 3 atom stereocenters. The van der Waals surface area contributed by atoms with E-state index in [1.165, 1.54) is 19.4 Å². The SMILES string of the molecule is COCOc1cc(-c2ncc3c(N4CCC[C@H](NC(=O)OC(C)(C)C)C4)nc(OC[C@@]45CCCN4C[C@H](F)C5)nc3c2F)c2c(C#C[Si](C(C)C)(C(C)C)C(C)C)c(F)ccc2c1. The monoisotopic (exact) mass is 888 g/mol. The number of aromatic nitrogens is 3. The number of piperidine rings is 1. The van der Waals surface area contributed by atoms with E-state index in [1.54, 1.807) is 18.2 Å². The summed E-state index contributed by atoms with van der Waals surface area (Å²) in [6.07, 6.45) is 3.48. The van der Waals surface area contributed by atoms with Gasteiger partial charge in [0.25, 0.3) is 0 Å². The van der Waals surface area contributed by atoms with Gasteiger partial charge in [-0.2, -0.15) is 9.97 Å². The van der Waals surface area contributed by atoms with E-state index in [-0.39, 0.29) is 47.8 Å². The van der Waals surface area contributed by atoms with Crippen LogP contribution in [-0.4, -0.2) is 104 Å². The number of halogens is 3. The third kappa shape index (κ3) is 9.45. The molecule has 15 heteroatoms. The van der Waals surface area contributed by atoms with Crippen LogP contribution in [0, 0.1) is 23.1 Å². The molecule has 63 heavy (non-hydrogen) atoms. The Morgan fingerprint density at radius 3 is 2.46 bits per heavy atom. The van der Waals surface area contributed by atoms with Gasteiger partial charge in [-0.15, -0.1) is 5.54 Å². The van der Waals surface area contributed by atoms with E-state index in [9.17, 15) is 9.18 Å². The van der Waals surface area contributed by atoms with Crippen LogP contribution in [0.3, 0.4) is 0 Å². The number of rotatable bonds is 12. The van der Waals surface area contributed by atoms with Crippen molar-refractivity contribution in [3.63, 3.8) is 0 Å². The molecule has 2 aromatic carbocycles. The molecule has 3 aliphatic rings. The van der Waals surface area contributed by atoms with E-state index < -0.39 is 43.1 Å². The van der Waals surface area contributed by atoms with Gasteiger partial charge in [0.15, 0.2) is 12.6 Å². The summed E-state index contributed by atoms with van der Waals surface area (Å²) >= 11 is 0. The van der Waals surface area contributed by atoms with Gasteiger partial charge in [-0.05, 0) is 93.2 Å². The number of amides is 1. The number of hydrogen-bond donors (Lipinski definition) is 1. The molecule has 0 radical (unpaired) electrons. The molecular weight excluding hydrogens is 826 g/mol. The molecule has 340 valence electrons. The largest absolute Gasteiger partial charge is 0.468 e. The van der Waals surface area contributed by atoms with Crippen molar-refractivity contribution < 1.29 is 36.9 Å². The molecule has 5 heterocycles. The zero-order chi connectivity index (χ0) is 45.4. The van der Waals surface area contributed by atoms with Crippen LogP contribution in [0.2, 0.25) is 16.6 Å². The van der Waals surface area contributed by atoms with Crippen molar-refractivity contribution in [2.24, 2.45) is 0 Å². The first-order valence-corrected chi connectivity index (χ1v) is 24.6. The van der Waals surface area contributed by atoms with E-state index in [1.807, 2.05) is 25.7 Å². The average Bonchev–Trinajstić information content (AvgIpc) is 3.74. The summed E-state index contributed by atoms with van der Waals surface area (Å²) in [7, 11) is -0.820. The van der Waals surface area contributed by atoms with Crippen molar-refractivity contribution in [1.82, 2.24) is 25.2 Å². The van der Waals surface area contributed by atoms with Crippen LogP contribution >= 0.6 is 0 Å². The van der Waals surface area contributed by atoms with Gasteiger partial charge in [0.1, 0.15) is 55.0 Å². The maximum atomic E-state index is 17.8. The molecule has 0 bridgehead atoms. The summed E-state index contributed by atoms with van der Waals surface area (Å²) < 4.78 is 72.0. The lowest BCUT2D eigenvalue weighted by atomic mass is 9.95. The summed E-state index contributed by atoms with van der Waals surface area (Å²) in [5.41, 5.74) is 3.68. The molecule has 3 fully saturated rings. The molecular formula is C48H63F3N6O5Si. The van der Waals surface area contributed by atoms with Gasteiger partial charge < -0.3 is 29.2 Å². The molecule has 0 unspecified atom stereocenters. The minimum Gasteiger partial charge on any atom is -0.468 e. The van der Waals surface area contributed by atoms with Gasteiger partial charge in [-0.1, -0.05) is 53.5 Å². The number of alkyl halides is 1. The number of nitrogens with zero attached hydrogens (tertiary/aromatic N) is 5. The molecule has 1 N–H and O–H groups in total. The minimum atomic E-state index is -2.33. The molecule has 2 aromatic heterocycles. The Bertz CT molecular complexity index is 2380. The Morgan fingerprint density at radius 2 is 1.76 bits per heavy atom. The van der Waals surface area contributed by atoms with Crippen molar-refractivity contribution in [3.05, 3.63) is 47.7 Å². The summed E-state index contributed by atoms with van der Waals surface area (Å²) in [5, 5.41) is 4.30. The lowest BCUT2D eigenvalue weighted by Gasteiger charge is -2.38. The van der Waals surface area contributed by atoms with E-state index in [0.717, 1.165) is 19.4 Å². The maximum absolute atomic E-state index is 17.8. The van der Waals surface area contributed by atoms with Crippen LogP contribution < -0.4 is 19.7 Å². The number of anilines is 1. The number of nitrogens with one attached hydrogen (secondary N) is 1. The molecule has 1 amide bonds. The van der Waals surface area contributed by atoms with Gasteiger partial charge in [0, 0.05) is 56.4 Å². The molecule has 4 aromatic rings. The number of methoxy groups -OCH3 is 1. The number of fused-ring (bicyclic) bond motifs is 3. The average molecular weight is 889 g/mol. The number of carbonyl (C=O) groups is 1. The molecule has 0 spiro atoms. The van der Waals surface area contributed by atoms with E-state index in [4.69, 9.17) is 33.9 Å². The van der Waals surface area contributed by atoms with Crippen molar-refractivity contribution >= 4 is 41.7 Å². The van der Waals surface area contributed by atoms with E-state index in [2.05, 4.69) is 63.2 Å². The zero-order valence-electron chi connectivity index (χ0n) is 38.5. The lowest BCUT2D eigenvalue weighted by Crippen LogP contribution is -2.49. The highest BCUT2D eigenvalue weighted by Crippen LogP contribution is 2.44. The highest BCUT2D eigenvalue weighted by Gasteiger charge is 2.49. The molecule has 0 saturated carbocycles. The Morgan fingerprint density at radius 1 is 1.02 bits per heavy atom. The molecule has 3 saturated heterocycles. The zero-order valence-corrected chi connectivity index (χ0v) is 39.5. The Balaban J connectivity index is 1.39. The molecule has 7 rings (SSSR count). The van der Waals surface area contributed by atoms with Gasteiger partial charge in [0.05, 0.1) is 16.5 Å². The highest BCUT2D eigenvalue weighted by molar-refractivity contribution is 6.90. The Hall–Kier alpha value is -4.65. The number of benzene rings is 2. The standard InChI is InChI=1S/C48H63F3N6O5Si/c1-29(2)63(30(3)4,31(5)6)20-16-36-39(50)15-14-32-21-35(61-28-59-10)22-37(40(32)36)42-41(51)43-38(24-52-42)44(56-18-11-13-34(26-56)53-46(58)62-47(7,8)9)55-45(54-43)60-27-48-17-12-19-57(48)25-33(49)23-48/h14-15,21-22,24,29-31,33-34H,11-13,17-19,23,25-28H2,1-10H3,(H,53,58)/t33-,34+,48+/m1/s1. The van der Waals surface area contributed by atoms with E-state index >= 15 is 8.78 Å². The smallest absolute Gasteiger partial charge is 0.407 e. The first kappa shape index (κ1) is 46.3. The number of ether oxygens (including phenoxy) is 4. The fourth-order valence-electron chi connectivity index (χ4n) is 10.5. The second kappa shape index (κ2) is 18.4. The van der Waals surface area contributed by atoms with Crippen LogP contribution in [0.5, 0.6) is 11.8 Å². The minimum absolute atomic E-state index is 0.0518. The van der Waals surface area contributed by atoms with Gasteiger partial charge in [-0.25, -0.2) is 18.0 Å². The van der Waals surface area contributed by atoms with Crippen molar-refractivity contribution in [2.45, 2.75) is 134 Å². The van der Waals surface area contributed by atoms with Crippen LogP contribution in [0.1, 0.15) is 100.0 Å². The second-order valence-electron chi connectivity index (χ2n) is 19.5. The summed E-state index contributed by atoms with van der Waals surface area (Å²) in [4.78, 5) is 31.3. The van der Waals surface area contributed by atoms with Crippen molar-refractivity contribution in [3.8, 4) is 34.5 Å². The van der Waals surface area contributed by atoms with Gasteiger partial charge in [-0.3, -0.25) is 9.88 Å². The molecule has 11 nitrogen and oxygen atoms in total. The third-order valence-electron chi connectivity index (χ3n) is 13.2. The van der Waals surface area contributed by atoms with Gasteiger partial charge >= 0.3 is 12.1 Å². The maximum Gasteiger partial charge on any atom is 0.407 e. The summed E-state index contributed by atoms with van der Waals surface area (Å²) in [5.74, 6) is 2.79. The van der Waals surface area contributed by atoms with Crippen LogP contribution in [0.25, 0.3) is 32.9 Å². The fraction of sp³-hybridized carbons (Fsp3) is 0.583. The molecule has 0 aliphatic carbocycles. The second-order valence-corrected chi connectivity index (χ2v) is 25.1. The Kier molecular flexibility index (Phi) is 13.6. The number of hydrogen-bond acceptors (Lipinski definition) is 10. The lowest BCUT2D eigenvalue weighted by molar-refractivity contribution is 0.0498. The summed E-state index contributed by atoms with van der Waals surface area (Å²) in [6.45, 7) is 20.7. The van der Waals surface area contributed by atoms with Crippen LogP contribution in [-0.2, 0) is 9.47 Å². The first-order valence-electron chi connectivity index (χ1n) is 22.4. The predicted molar refractivity (Wildman–Crippen MR) is 244 cm³/mol. The number of carbonyl (C=O) groups excluding carboxylic acids is 1. The fourth-order valence-corrected chi connectivity index (χ4v) is 15.7. The number of pyridine rings is 1. The third-order valence-corrected chi connectivity index (χ3v) is 19.5. The van der Waals surface area contributed by atoms with Crippen molar-refractivity contribution in [1.29, 1.82) is 0 Å². The highest BCUT2D eigenvalue weighted by atomic mass is 28.3. The van der Waals surface area contributed by atoms with Crippen LogP contribution in [0.4, 0.5) is 23.8 Å². The Labute approximate surface area is 370 Å². The summed E-state index contributed by atoms with van der Waals surface area (Å²) in [6, 6.07) is 6.08.